The SMILES string of the molecule is C/C=N\NS(=O)Oc1ccccc1.CC=NNC1=NCCN1.CCN1CCN(c2ccccc2OC)CC1.CCc1nc(C(F)(F)F)n[nH]1.COc1ccccc1N1CCN(C(C)=O)CC1. The van der Waals surface area contributed by atoms with E-state index in [0.717, 1.165) is 95.1 Å². The van der Waals surface area contributed by atoms with E-state index in [9.17, 15) is 22.2 Å². The van der Waals surface area contributed by atoms with Crippen molar-refractivity contribution in [2.75, 3.05) is 96.0 Å². The van der Waals surface area contributed by atoms with Gasteiger partial charge in [0.05, 0.1) is 32.1 Å². The summed E-state index contributed by atoms with van der Waals surface area (Å²) >= 11 is -1.62. The molecule has 66 heavy (non-hydrogen) atoms. The van der Waals surface area contributed by atoms with Crippen molar-refractivity contribution in [2.45, 2.75) is 47.2 Å². The number of para-hydroxylation sites is 5. The highest BCUT2D eigenvalue weighted by Gasteiger charge is 2.35. The Bertz CT molecular complexity index is 2100. The number of likely N-dealkylation sites (N-methyl/N-ethyl adjacent to an activating group) is 1. The largest absolute Gasteiger partial charge is 0.495 e. The zero-order chi connectivity index (χ0) is 48.2. The van der Waals surface area contributed by atoms with Crippen LogP contribution in [-0.4, -0.2) is 140 Å². The van der Waals surface area contributed by atoms with Gasteiger partial charge in [0.1, 0.15) is 23.1 Å². The summed E-state index contributed by atoms with van der Waals surface area (Å²) in [5.74, 6) is 2.49. The van der Waals surface area contributed by atoms with E-state index in [0.29, 0.717) is 12.2 Å². The van der Waals surface area contributed by atoms with Crippen LogP contribution in [0.2, 0.25) is 0 Å². The zero-order valence-corrected chi connectivity index (χ0v) is 39.6. The van der Waals surface area contributed by atoms with E-state index >= 15 is 0 Å². The van der Waals surface area contributed by atoms with Gasteiger partial charge in [-0.2, -0.15) is 32.4 Å². The Morgan fingerprint density at radius 3 is 1.80 bits per heavy atom. The fraction of sp³-hybridized carbons (Fsp3) is 0.455. The summed E-state index contributed by atoms with van der Waals surface area (Å²) in [5.41, 5.74) is 5.07. The Morgan fingerprint density at radius 2 is 1.36 bits per heavy atom. The number of carbonyl (C=O) groups excluding carboxylic acids is 1. The molecule has 4 aromatic rings. The first-order valence-corrected chi connectivity index (χ1v) is 22.6. The lowest BCUT2D eigenvalue weighted by atomic mass is 10.2. The molecule has 0 aliphatic carbocycles. The number of hydrogen-bond donors (Lipinski definition) is 4. The smallest absolute Gasteiger partial charge is 0.453 e. The first-order chi connectivity index (χ1) is 31.9. The van der Waals surface area contributed by atoms with Crippen LogP contribution in [0.15, 0.2) is 94.1 Å². The molecule has 2 saturated heterocycles. The van der Waals surface area contributed by atoms with Crippen LogP contribution in [0.3, 0.4) is 0 Å². The number of aromatic amines is 1. The first-order valence-electron chi connectivity index (χ1n) is 21.5. The molecular formula is C44H64F3N13O5S. The molecule has 3 aliphatic rings. The third-order valence-electron chi connectivity index (χ3n) is 9.66. The van der Waals surface area contributed by atoms with Crippen LogP contribution in [-0.2, 0) is 28.7 Å². The molecule has 0 spiro atoms. The Balaban J connectivity index is 0.000000223. The third-order valence-corrected chi connectivity index (χ3v) is 10.3. The van der Waals surface area contributed by atoms with Crippen molar-refractivity contribution >= 4 is 46.9 Å². The number of piperazine rings is 2. The Hall–Kier alpha value is -6.42. The molecule has 3 aliphatic heterocycles. The van der Waals surface area contributed by atoms with E-state index in [2.05, 4.69) is 85.8 Å². The average molecular weight is 944 g/mol. The summed E-state index contributed by atoms with van der Waals surface area (Å²) in [4.78, 5) is 29.8. The summed E-state index contributed by atoms with van der Waals surface area (Å²) in [6.45, 7) is 19.8. The van der Waals surface area contributed by atoms with Gasteiger partial charge < -0.3 is 38.6 Å². The number of benzene rings is 3. The molecule has 0 bridgehead atoms. The normalized spacial score (nSPS) is 15.2. The van der Waals surface area contributed by atoms with Gasteiger partial charge in [-0.3, -0.25) is 9.89 Å². The van der Waals surface area contributed by atoms with Gasteiger partial charge in [-0.15, -0.1) is 5.10 Å². The number of aliphatic imine (C=N–C) groups is 1. The van der Waals surface area contributed by atoms with Gasteiger partial charge >= 0.3 is 17.4 Å². The molecule has 2 fully saturated rings. The van der Waals surface area contributed by atoms with Crippen molar-refractivity contribution in [3.63, 3.8) is 0 Å². The fourth-order valence-electron chi connectivity index (χ4n) is 6.21. The van der Waals surface area contributed by atoms with Gasteiger partial charge in [0, 0.05) is 84.7 Å². The molecule has 4 N–H and O–H groups in total. The number of carbonyl (C=O) groups is 1. The zero-order valence-electron chi connectivity index (χ0n) is 38.8. The van der Waals surface area contributed by atoms with Crippen LogP contribution < -0.4 is 39.0 Å². The molecule has 3 aromatic carbocycles. The first kappa shape index (κ1) is 53.9. The minimum absolute atomic E-state index is 0.157. The molecule has 4 heterocycles. The molecule has 0 radical (unpaired) electrons. The van der Waals surface area contributed by atoms with Gasteiger partial charge in [0.25, 0.3) is 5.82 Å². The quantitative estimate of drug-likeness (QED) is 0.111. The van der Waals surface area contributed by atoms with E-state index in [1.54, 1.807) is 65.5 Å². The molecule has 362 valence electrons. The maximum atomic E-state index is 11.8. The molecule has 18 nitrogen and oxygen atoms in total. The number of amides is 1. The summed E-state index contributed by atoms with van der Waals surface area (Å²) in [5, 5.41) is 15.5. The number of anilines is 2. The van der Waals surface area contributed by atoms with Crippen LogP contribution in [0.5, 0.6) is 17.2 Å². The summed E-state index contributed by atoms with van der Waals surface area (Å²) in [6, 6.07) is 25.2. The summed E-state index contributed by atoms with van der Waals surface area (Å²) in [6.07, 6.45) is -0.845. The number of nitrogens with zero attached hydrogens (tertiary/aromatic N) is 9. The predicted molar refractivity (Wildman–Crippen MR) is 256 cm³/mol. The van der Waals surface area contributed by atoms with E-state index in [1.165, 1.54) is 11.9 Å². The van der Waals surface area contributed by atoms with Crippen LogP contribution in [0, 0.1) is 0 Å². The van der Waals surface area contributed by atoms with Gasteiger partial charge in [0.15, 0.2) is 0 Å². The molecule has 7 rings (SSSR count). The molecule has 22 heteroatoms. The average Bonchev–Trinajstić information content (AvgIpc) is 4.08. The van der Waals surface area contributed by atoms with Gasteiger partial charge in [-0.1, -0.05) is 56.3 Å². The Kier molecular flexibility index (Phi) is 24.4. The van der Waals surface area contributed by atoms with Crippen molar-refractivity contribution in [3.8, 4) is 17.2 Å². The Morgan fingerprint density at radius 1 is 0.818 bits per heavy atom. The number of H-pyrrole nitrogens is 1. The standard InChI is InChI=1S/C13H18N2O2.C13H20N2O.C8H10N2O2S.C5H6F3N3.C5H10N4/c1-11(16)14-7-9-15(10-8-14)12-5-3-4-6-13(12)17-2;1-3-14-8-10-15(11-9-14)12-6-4-5-7-13(12)16-2;1-2-9-10-13(11)12-8-6-4-3-5-7-8;1-2-3-9-4(11-10-3)5(6,7)8;1-2-8-9-5-6-3-4-7-5/h3-6H,7-10H2,1-2H3;4-7H,3,8-11H2,1-2H3;2-7,10H,1H3;2H2,1H3,(H,9,10,11);2H,3-4H2,1H3,(H2,6,7,9)/b;;9-2-;;. The maximum Gasteiger partial charge on any atom is 0.453 e. The molecule has 0 saturated carbocycles. The lowest BCUT2D eigenvalue weighted by Gasteiger charge is -2.36. The van der Waals surface area contributed by atoms with Crippen molar-refractivity contribution in [2.24, 2.45) is 15.2 Å². The minimum Gasteiger partial charge on any atom is -0.495 e. The second-order valence-electron chi connectivity index (χ2n) is 14.0. The molecule has 1 amide bonds. The lowest BCUT2D eigenvalue weighted by Crippen LogP contribution is -2.48. The van der Waals surface area contributed by atoms with Crippen LogP contribution >= 0.6 is 0 Å². The summed E-state index contributed by atoms with van der Waals surface area (Å²) in [7, 11) is 3.42. The van der Waals surface area contributed by atoms with Crippen molar-refractivity contribution in [3.05, 3.63) is 90.5 Å². The highest BCUT2D eigenvalue weighted by atomic mass is 32.2. The van der Waals surface area contributed by atoms with Gasteiger partial charge in [-0.05, 0) is 56.8 Å². The van der Waals surface area contributed by atoms with Gasteiger partial charge in [0.2, 0.25) is 11.9 Å². The highest BCUT2D eigenvalue weighted by molar-refractivity contribution is 7.78. The van der Waals surface area contributed by atoms with Gasteiger partial charge in [-0.25, -0.2) is 15.4 Å². The third kappa shape index (κ3) is 19.4. The predicted octanol–water partition coefficient (Wildman–Crippen LogP) is 5.37. The van der Waals surface area contributed by atoms with Crippen molar-refractivity contribution in [1.29, 1.82) is 0 Å². The van der Waals surface area contributed by atoms with Crippen LogP contribution in [0.4, 0.5) is 24.5 Å². The monoisotopic (exact) mass is 943 g/mol. The number of halogens is 3. The van der Waals surface area contributed by atoms with Crippen molar-refractivity contribution < 1.29 is 35.8 Å². The Labute approximate surface area is 388 Å². The number of aromatic nitrogens is 3. The fourth-order valence-corrected chi connectivity index (χ4v) is 6.72. The number of aryl methyl sites for hydroxylation is 1. The topological polar surface area (TPSA) is 190 Å². The van der Waals surface area contributed by atoms with E-state index in [4.69, 9.17) is 13.7 Å². The molecule has 1 aromatic heterocycles. The molecular weight excluding hydrogens is 880 g/mol. The van der Waals surface area contributed by atoms with Crippen molar-refractivity contribution in [1.82, 2.24) is 40.6 Å². The van der Waals surface area contributed by atoms with Crippen LogP contribution in [0.25, 0.3) is 0 Å². The van der Waals surface area contributed by atoms with E-state index in [1.807, 2.05) is 48.2 Å². The summed E-state index contributed by atoms with van der Waals surface area (Å²) < 4.78 is 62.1. The number of nitrogens with one attached hydrogen (secondary N) is 4. The van der Waals surface area contributed by atoms with E-state index in [-0.39, 0.29) is 11.7 Å². The number of hydrazone groups is 2. The highest BCUT2D eigenvalue weighted by Crippen LogP contribution is 2.29. The number of ether oxygens (including phenoxy) is 2. The number of hydrogen-bond acceptors (Lipinski definition) is 15. The number of guanidine groups is 1. The number of rotatable bonds is 11. The second kappa shape index (κ2) is 29.9. The molecule has 1 unspecified atom stereocenters. The minimum atomic E-state index is -4.44. The molecule has 1 atom stereocenters. The number of methoxy groups -OCH3 is 2. The van der Waals surface area contributed by atoms with E-state index < -0.39 is 23.3 Å². The van der Waals surface area contributed by atoms with Crippen LogP contribution in [0.1, 0.15) is 46.3 Å². The second-order valence-corrected chi connectivity index (χ2v) is 14.8. The maximum absolute atomic E-state index is 11.8. The number of alkyl halides is 3. The lowest BCUT2D eigenvalue weighted by molar-refractivity contribution is -0.144.